The Bertz CT molecular complexity index is 816. The van der Waals surface area contributed by atoms with Crippen LogP contribution in [0.5, 0.6) is 0 Å². The molecule has 1 fully saturated rings. The Kier molecular flexibility index (Phi) is 3.57. The van der Waals surface area contributed by atoms with Gasteiger partial charge in [-0.25, -0.2) is 4.98 Å². The number of carbonyl (C=O) groups excluding carboxylic acids is 1. The molecule has 0 aromatic carbocycles. The number of anilines is 1. The molecule has 0 radical (unpaired) electrons. The molecule has 0 bridgehead atoms. The van der Waals surface area contributed by atoms with Crippen molar-refractivity contribution in [3.05, 3.63) is 48.2 Å². The zero-order valence-electron chi connectivity index (χ0n) is 12.7. The van der Waals surface area contributed by atoms with Gasteiger partial charge in [0.15, 0.2) is 17.2 Å². The fourth-order valence-corrected chi connectivity index (χ4v) is 3.08. The number of hydrogen-bond donors (Lipinski definition) is 1. The molecular formula is C17H18N4O2. The molecule has 118 valence electrons. The normalized spacial score (nSPS) is 15.3. The van der Waals surface area contributed by atoms with Gasteiger partial charge >= 0.3 is 0 Å². The molecule has 1 aliphatic carbocycles. The van der Waals surface area contributed by atoms with Gasteiger partial charge in [-0.05, 0) is 37.1 Å². The van der Waals surface area contributed by atoms with Crippen molar-refractivity contribution in [2.24, 2.45) is 0 Å². The summed E-state index contributed by atoms with van der Waals surface area (Å²) in [6.07, 6.45) is 6.55. The SMILES string of the molecule is O=C(Cc1nc2cccc(NC3CCCC3)n2n1)c1ccco1. The Morgan fingerprint density at radius 2 is 2.13 bits per heavy atom. The molecule has 3 aromatic heterocycles. The molecule has 0 saturated heterocycles. The van der Waals surface area contributed by atoms with Crippen molar-refractivity contribution in [1.29, 1.82) is 0 Å². The number of ketones is 1. The minimum Gasteiger partial charge on any atom is -0.461 e. The first kappa shape index (κ1) is 14.0. The van der Waals surface area contributed by atoms with Gasteiger partial charge in [-0.1, -0.05) is 18.9 Å². The molecule has 1 N–H and O–H groups in total. The number of hydrogen-bond acceptors (Lipinski definition) is 5. The van der Waals surface area contributed by atoms with E-state index in [1.807, 2.05) is 18.2 Å². The zero-order valence-corrected chi connectivity index (χ0v) is 12.7. The molecule has 1 aliphatic rings. The van der Waals surface area contributed by atoms with Gasteiger partial charge in [-0.15, -0.1) is 5.10 Å². The first-order chi connectivity index (χ1) is 11.3. The lowest BCUT2D eigenvalue weighted by Crippen LogP contribution is -2.17. The second-order valence-electron chi connectivity index (χ2n) is 5.91. The molecule has 6 nitrogen and oxygen atoms in total. The lowest BCUT2D eigenvalue weighted by molar-refractivity contribution is 0.0964. The summed E-state index contributed by atoms with van der Waals surface area (Å²) < 4.78 is 6.91. The largest absolute Gasteiger partial charge is 0.461 e. The maximum atomic E-state index is 12.1. The van der Waals surface area contributed by atoms with Crippen LogP contribution >= 0.6 is 0 Å². The van der Waals surface area contributed by atoms with E-state index in [-0.39, 0.29) is 12.2 Å². The van der Waals surface area contributed by atoms with Crippen LogP contribution in [0.4, 0.5) is 5.82 Å². The molecule has 23 heavy (non-hydrogen) atoms. The lowest BCUT2D eigenvalue weighted by Gasteiger charge is -2.13. The van der Waals surface area contributed by atoms with Crippen LogP contribution in [0.1, 0.15) is 42.1 Å². The fourth-order valence-electron chi connectivity index (χ4n) is 3.08. The molecule has 4 rings (SSSR count). The van der Waals surface area contributed by atoms with E-state index in [0.29, 0.717) is 17.6 Å². The predicted octanol–water partition coefficient (Wildman–Crippen LogP) is 3.10. The van der Waals surface area contributed by atoms with Gasteiger partial charge in [-0.3, -0.25) is 4.79 Å². The molecule has 0 spiro atoms. The summed E-state index contributed by atoms with van der Waals surface area (Å²) in [5.74, 6) is 1.66. The van der Waals surface area contributed by atoms with Gasteiger partial charge in [0, 0.05) is 6.04 Å². The monoisotopic (exact) mass is 310 g/mol. The second kappa shape index (κ2) is 5.87. The summed E-state index contributed by atoms with van der Waals surface area (Å²) >= 11 is 0. The third-order valence-corrected chi connectivity index (χ3v) is 4.23. The number of furan rings is 1. The van der Waals surface area contributed by atoms with E-state index < -0.39 is 0 Å². The van der Waals surface area contributed by atoms with Crippen molar-refractivity contribution in [3.63, 3.8) is 0 Å². The summed E-state index contributed by atoms with van der Waals surface area (Å²) in [5.41, 5.74) is 0.746. The highest BCUT2D eigenvalue weighted by molar-refractivity contribution is 5.94. The Balaban J connectivity index is 1.58. The van der Waals surface area contributed by atoms with Crippen molar-refractivity contribution in [1.82, 2.24) is 14.6 Å². The van der Waals surface area contributed by atoms with Crippen LogP contribution in [0, 0.1) is 0 Å². The molecule has 6 heteroatoms. The Hall–Kier alpha value is -2.63. The van der Waals surface area contributed by atoms with Gasteiger partial charge < -0.3 is 9.73 Å². The number of pyridine rings is 1. The molecule has 3 aromatic rings. The maximum Gasteiger partial charge on any atom is 0.205 e. The number of rotatable bonds is 5. The highest BCUT2D eigenvalue weighted by Crippen LogP contribution is 2.22. The van der Waals surface area contributed by atoms with Crippen LogP contribution in [0.2, 0.25) is 0 Å². The molecular weight excluding hydrogens is 292 g/mol. The average molecular weight is 310 g/mol. The molecule has 0 atom stereocenters. The molecule has 0 aliphatic heterocycles. The summed E-state index contributed by atoms with van der Waals surface area (Å²) in [7, 11) is 0. The van der Waals surface area contributed by atoms with E-state index in [4.69, 9.17) is 4.42 Å². The van der Waals surface area contributed by atoms with Crippen molar-refractivity contribution in [2.45, 2.75) is 38.1 Å². The first-order valence-electron chi connectivity index (χ1n) is 7.97. The van der Waals surface area contributed by atoms with Crippen LogP contribution in [0.3, 0.4) is 0 Å². The van der Waals surface area contributed by atoms with Crippen LogP contribution in [0.25, 0.3) is 5.65 Å². The van der Waals surface area contributed by atoms with Gasteiger partial charge in [-0.2, -0.15) is 4.52 Å². The lowest BCUT2D eigenvalue weighted by atomic mass is 10.2. The highest BCUT2D eigenvalue weighted by Gasteiger charge is 2.18. The van der Waals surface area contributed by atoms with Crippen molar-refractivity contribution < 1.29 is 9.21 Å². The Labute approximate surface area is 133 Å². The molecule has 1 saturated carbocycles. The quantitative estimate of drug-likeness (QED) is 0.733. The molecule has 3 heterocycles. The maximum absolute atomic E-state index is 12.1. The average Bonchev–Trinajstić information content (AvgIpc) is 3.29. The van der Waals surface area contributed by atoms with E-state index in [9.17, 15) is 4.79 Å². The second-order valence-corrected chi connectivity index (χ2v) is 5.91. The standard InChI is InChI=1S/C17H18N4O2/c22-13(14-7-4-10-23-14)11-15-19-17-9-3-8-16(21(17)20-15)18-12-5-1-2-6-12/h3-4,7-10,12,18H,1-2,5-6,11H2. The minimum absolute atomic E-state index is 0.115. The van der Waals surface area contributed by atoms with Crippen LogP contribution in [-0.2, 0) is 6.42 Å². The van der Waals surface area contributed by atoms with Crippen molar-refractivity contribution >= 4 is 17.2 Å². The van der Waals surface area contributed by atoms with Crippen molar-refractivity contribution in [3.8, 4) is 0 Å². The number of fused-ring (bicyclic) bond motifs is 1. The van der Waals surface area contributed by atoms with Crippen LogP contribution in [-0.4, -0.2) is 26.4 Å². The molecule has 0 amide bonds. The van der Waals surface area contributed by atoms with E-state index >= 15 is 0 Å². The van der Waals surface area contributed by atoms with E-state index in [2.05, 4.69) is 15.4 Å². The minimum atomic E-state index is -0.115. The van der Waals surface area contributed by atoms with Gasteiger partial charge in [0.1, 0.15) is 5.82 Å². The summed E-state index contributed by atoms with van der Waals surface area (Å²) in [6, 6.07) is 9.71. The zero-order chi connectivity index (χ0) is 15.6. The van der Waals surface area contributed by atoms with E-state index in [1.54, 1.807) is 16.6 Å². The third kappa shape index (κ3) is 2.84. The number of carbonyl (C=O) groups is 1. The van der Waals surface area contributed by atoms with Crippen LogP contribution in [0.15, 0.2) is 41.0 Å². The van der Waals surface area contributed by atoms with E-state index in [1.165, 1.54) is 31.9 Å². The van der Waals surface area contributed by atoms with Crippen molar-refractivity contribution in [2.75, 3.05) is 5.32 Å². The highest BCUT2D eigenvalue weighted by atomic mass is 16.3. The number of aromatic nitrogens is 3. The first-order valence-corrected chi connectivity index (χ1v) is 7.97. The summed E-state index contributed by atoms with van der Waals surface area (Å²) in [4.78, 5) is 16.6. The number of nitrogens with one attached hydrogen (secondary N) is 1. The van der Waals surface area contributed by atoms with Gasteiger partial charge in [0.05, 0.1) is 12.7 Å². The van der Waals surface area contributed by atoms with Gasteiger partial charge in [0.25, 0.3) is 0 Å². The third-order valence-electron chi connectivity index (χ3n) is 4.23. The van der Waals surface area contributed by atoms with Gasteiger partial charge in [0.2, 0.25) is 5.78 Å². The topological polar surface area (TPSA) is 72.4 Å². The number of nitrogens with zero attached hydrogens (tertiary/aromatic N) is 3. The fraction of sp³-hybridized carbons (Fsp3) is 0.353. The smallest absolute Gasteiger partial charge is 0.205 e. The Morgan fingerprint density at radius 3 is 2.91 bits per heavy atom. The Morgan fingerprint density at radius 1 is 1.26 bits per heavy atom. The summed E-state index contributed by atoms with van der Waals surface area (Å²) in [5, 5.41) is 8.02. The number of Topliss-reactive ketones (excluding diaryl/α,β-unsaturated/α-hetero) is 1. The summed E-state index contributed by atoms with van der Waals surface area (Å²) in [6.45, 7) is 0. The predicted molar refractivity (Wildman–Crippen MR) is 85.6 cm³/mol. The van der Waals surface area contributed by atoms with E-state index in [0.717, 1.165) is 11.5 Å². The van der Waals surface area contributed by atoms with Crippen LogP contribution < -0.4 is 5.32 Å². The molecule has 0 unspecified atom stereocenters.